The normalized spacial score (nSPS) is 17.0. The number of aliphatic hydroxyl groups excluding tert-OH is 1. The number of hydrogen-bond acceptors (Lipinski definition) is 8. The summed E-state index contributed by atoms with van der Waals surface area (Å²) in [6, 6.07) is 16.2. The number of carbonyl (C=O) groups is 1. The molecule has 2 aromatic carbocycles. The van der Waals surface area contributed by atoms with Crippen LogP contribution in [0.2, 0.25) is 0 Å². The summed E-state index contributed by atoms with van der Waals surface area (Å²) in [6.45, 7) is 5.29. The van der Waals surface area contributed by atoms with Crippen LogP contribution >= 0.6 is 0 Å². The zero-order chi connectivity index (χ0) is 28.9. The summed E-state index contributed by atoms with van der Waals surface area (Å²) in [7, 11) is 6.09. The largest absolute Gasteiger partial charge is 0.437 e. The molecule has 4 aromatic rings. The van der Waals surface area contributed by atoms with Crippen molar-refractivity contribution in [1.29, 1.82) is 0 Å². The van der Waals surface area contributed by atoms with Crippen LogP contribution in [-0.4, -0.2) is 72.3 Å². The fourth-order valence-electron chi connectivity index (χ4n) is 5.30. The summed E-state index contributed by atoms with van der Waals surface area (Å²) in [5, 5.41) is 17.4. The molecule has 0 aliphatic heterocycles. The molecule has 1 aliphatic carbocycles. The number of furan rings is 1. The molecule has 0 spiro atoms. The first-order chi connectivity index (χ1) is 19.8. The fourth-order valence-corrected chi connectivity index (χ4v) is 5.30. The minimum Gasteiger partial charge on any atom is -0.437 e. The van der Waals surface area contributed by atoms with E-state index in [0.29, 0.717) is 23.0 Å². The van der Waals surface area contributed by atoms with Crippen LogP contribution in [0.5, 0.6) is 0 Å². The van der Waals surface area contributed by atoms with Gasteiger partial charge in [-0.25, -0.2) is 9.97 Å². The topological polar surface area (TPSA) is 107 Å². The number of carbonyl (C=O) groups excluding carboxylic acids is 1. The lowest BCUT2D eigenvalue weighted by atomic mass is 9.93. The van der Waals surface area contributed by atoms with Crippen LogP contribution in [0.1, 0.15) is 25.7 Å². The first-order valence-corrected chi connectivity index (χ1v) is 14.0. The molecular weight excluding hydrogens is 516 g/mol. The third kappa shape index (κ3) is 6.42. The molecule has 0 bridgehead atoms. The Labute approximate surface area is 240 Å². The van der Waals surface area contributed by atoms with Gasteiger partial charge in [0.25, 0.3) is 0 Å². The van der Waals surface area contributed by atoms with Gasteiger partial charge in [-0.05, 0) is 63.6 Å². The van der Waals surface area contributed by atoms with Gasteiger partial charge < -0.3 is 30.0 Å². The van der Waals surface area contributed by atoms with Crippen LogP contribution in [0.4, 0.5) is 17.2 Å². The minimum absolute atomic E-state index is 0.189. The Hall–Kier alpha value is -4.21. The summed E-state index contributed by atoms with van der Waals surface area (Å²) in [4.78, 5) is 25.9. The maximum atomic E-state index is 12.5. The summed E-state index contributed by atoms with van der Waals surface area (Å²) in [5.74, 6) is 1.09. The zero-order valence-corrected chi connectivity index (χ0v) is 23.9. The molecule has 0 saturated heterocycles. The Bertz CT molecular complexity index is 1510. The number of aliphatic hydroxyl groups is 1. The molecule has 0 atom stereocenters. The van der Waals surface area contributed by atoms with Crippen LogP contribution in [0.3, 0.4) is 0 Å². The molecule has 41 heavy (non-hydrogen) atoms. The van der Waals surface area contributed by atoms with Gasteiger partial charge in [-0.2, -0.15) is 0 Å². The molecule has 214 valence electrons. The smallest absolute Gasteiger partial charge is 0.247 e. The number of likely N-dealkylation sites (N-methyl/N-ethyl adjacent to an activating group) is 2. The fraction of sp³-hybridized carbons (Fsp3) is 0.344. The van der Waals surface area contributed by atoms with E-state index in [1.165, 1.54) is 12.4 Å². The third-order valence-electron chi connectivity index (χ3n) is 7.58. The summed E-state index contributed by atoms with van der Waals surface area (Å²) >= 11 is 0. The second kappa shape index (κ2) is 12.5. The molecule has 0 unspecified atom stereocenters. The summed E-state index contributed by atoms with van der Waals surface area (Å²) in [5.41, 5.74) is 4.68. The molecule has 1 saturated carbocycles. The van der Waals surface area contributed by atoms with Crippen molar-refractivity contribution in [2.75, 3.05) is 49.8 Å². The van der Waals surface area contributed by atoms with Gasteiger partial charge in [-0.3, -0.25) is 4.79 Å². The van der Waals surface area contributed by atoms with Crippen LogP contribution in [-0.2, 0) is 4.79 Å². The van der Waals surface area contributed by atoms with Crippen molar-refractivity contribution in [3.05, 3.63) is 67.5 Å². The molecule has 1 fully saturated rings. The molecule has 3 N–H and O–H groups in total. The van der Waals surface area contributed by atoms with Gasteiger partial charge >= 0.3 is 0 Å². The number of nitrogens with zero attached hydrogens (tertiary/aromatic N) is 4. The Morgan fingerprint density at radius 3 is 2.51 bits per heavy atom. The lowest BCUT2D eigenvalue weighted by Crippen LogP contribution is -2.29. The zero-order valence-electron chi connectivity index (χ0n) is 23.9. The Kier molecular flexibility index (Phi) is 8.66. The highest BCUT2D eigenvalue weighted by molar-refractivity contribution is 6.08. The Morgan fingerprint density at radius 2 is 1.80 bits per heavy atom. The molecule has 5 rings (SSSR count). The number of rotatable bonds is 10. The molecule has 9 heteroatoms. The molecule has 9 nitrogen and oxygen atoms in total. The maximum Gasteiger partial charge on any atom is 0.247 e. The van der Waals surface area contributed by atoms with Gasteiger partial charge in [0.2, 0.25) is 11.6 Å². The quantitative estimate of drug-likeness (QED) is 0.224. The van der Waals surface area contributed by atoms with E-state index >= 15 is 0 Å². The maximum absolute atomic E-state index is 12.5. The van der Waals surface area contributed by atoms with Gasteiger partial charge in [0, 0.05) is 37.3 Å². The van der Waals surface area contributed by atoms with E-state index in [4.69, 9.17) is 4.42 Å². The summed E-state index contributed by atoms with van der Waals surface area (Å²) < 4.78 is 6.42. The van der Waals surface area contributed by atoms with Crippen molar-refractivity contribution in [1.82, 2.24) is 14.9 Å². The van der Waals surface area contributed by atoms with E-state index in [1.807, 2.05) is 63.6 Å². The second-order valence-corrected chi connectivity index (χ2v) is 10.9. The van der Waals surface area contributed by atoms with Crippen molar-refractivity contribution < 1.29 is 14.3 Å². The van der Waals surface area contributed by atoms with Crippen LogP contribution in [0, 0.1) is 0 Å². The SMILES string of the molecule is C=CC(=O)Nc1cc(-c2c(-c3ccccc3)oc3ncnc(NC4CCC(O)CC4)c23)ccc1N(C)CCN(C)C. The minimum atomic E-state index is -0.282. The Morgan fingerprint density at radius 1 is 1.05 bits per heavy atom. The van der Waals surface area contributed by atoms with Gasteiger partial charge in [-0.15, -0.1) is 0 Å². The second-order valence-electron chi connectivity index (χ2n) is 10.9. The number of nitrogens with one attached hydrogen (secondary N) is 2. The van der Waals surface area contributed by atoms with Crippen LogP contribution < -0.4 is 15.5 Å². The highest BCUT2D eigenvalue weighted by atomic mass is 16.3. The van der Waals surface area contributed by atoms with Gasteiger partial charge in [0.05, 0.1) is 22.9 Å². The van der Waals surface area contributed by atoms with Crippen molar-refractivity contribution >= 4 is 34.2 Å². The van der Waals surface area contributed by atoms with Gasteiger partial charge in [-0.1, -0.05) is 43.0 Å². The van der Waals surface area contributed by atoms with Crippen molar-refractivity contribution in [3.8, 4) is 22.5 Å². The molecular formula is C32H38N6O3. The van der Waals surface area contributed by atoms with E-state index < -0.39 is 0 Å². The standard InChI is InChI=1S/C32H38N6O3/c1-5-27(40)36-25-19-22(11-16-26(25)38(4)18-17-37(2)3)28-29-31(35-23-12-14-24(39)15-13-23)33-20-34-32(29)41-30(28)21-9-7-6-8-10-21/h5-11,16,19-20,23-24,39H,1,12-15,17-18H2,2-4H3,(H,36,40)(H,33,34,35). The van der Waals surface area contributed by atoms with Crippen LogP contribution in [0.15, 0.2) is 71.9 Å². The lowest BCUT2D eigenvalue weighted by molar-refractivity contribution is -0.111. The highest BCUT2D eigenvalue weighted by Crippen LogP contribution is 2.44. The monoisotopic (exact) mass is 554 g/mol. The molecule has 0 radical (unpaired) electrons. The molecule has 1 amide bonds. The Balaban J connectivity index is 1.66. The van der Waals surface area contributed by atoms with Gasteiger partial charge in [0.15, 0.2) is 0 Å². The summed E-state index contributed by atoms with van der Waals surface area (Å²) in [6.07, 6.45) is 5.78. The van der Waals surface area contributed by atoms with Crippen LogP contribution in [0.25, 0.3) is 33.6 Å². The average Bonchev–Trinajstić information content (AvgIpc) is 3.38. The third-order valence-corrected chi connectivity index (χ3v) is 7.58. The van der Waals surface area contributed by atoms with E-state index in [9.17, 15) is 9.90 Å². The highest BCUT2D eigenvalue weighted by Gasteiger charge is 2.26. The first kappa shape index (κ1) is 28.3. The average molecular weight is 555 g/mol. The van der Waals surface area contributed by atoms with Crippen molar-refractivity contribution in [2.45, 2.75) is 37.8 Å². The lowest BCUT2D eigenvalue weighted by Gasteiger charge is -2.27. The van der Waals surface area contributed by atoms with Gasteiger partial charge in [0.1, 0.15) is 17.9 Å². The van der Waals surface area contributed by atoms with Crippen molar-refractivity contribution in [3.63, 3.8) is 0 Å². The van der Waals surface area contributed by atoms with E-state index in [0.717, 1.165) is 66.5 Å². The van der Waals surface area contributed by atoms with E-state index in [2.05, 4.69) is 43.0 Å². The number of hydrogen-bond donors (Lipinski definition) is 3. The predicted octanol–water partition coefficient (Wildman–Crippen LogP) is 5.39. The number of anilines is 3. The molecule has 1 aliphatic rings. The number of fused-ring (bicyclic) bond motifs is 1. The number of aromatic nitrogens is 2. The predicted molar refractivity (Wildman–Crippen MR) is 165 cm³/mol. The van der Waals surface area contributed by atoms with E-state index in [-0.39, 0.29) is 18.1 Å². The molecule has 2 heterocycles. The van der Waals surface area contributed by atoms with E-state index in [1.54, 1.807) is 0 Å². The van der Waals surface area contributed by atoms with Crippen molar-refractivity contribution in [2.24, 2.45) is 0 Å². The molecule has 2 aromatic heterocycles. The number of benzene rings is 2. The first-order valence-electron chi connectivity index (χ1n) is 14.0. The number of amides is 1.